The lowest BCUT2D eigenvalue weighted by Gasteiger charge is -2.14. The van der Waals surface area contributed by atoms with Gasteiger partial charge in [0.1, 0.15) is 15.7 Å². The van der Waals surface area contributed by atoms with Crippen LogP contribution in [0.25, 0.3) is 21.1 Å². The van der Waals surface area contributed by atoms with E-state index in [4.69, 9.17) is 29.7 Å². The first-order chi connectivity index (χ1) is 19.3. The second-order valence-electron chi connectivity index (χ2n) is 7.97. The smallest absolute Gasteiger partial charge is 0.330 e. The molecule has 208 valence electrons. The molecule has 40 heavy (non-hydrogen) atoms. The highest BCUT2D eigenvalue weighted by molar-refractivity contribution is 7.23. The maximum Gasteiger partial charge on any atom is 0.330 e. The van der Waals surface area contributed by atoms with Gasteiger partial charge in [0.25, 0.3) is 0 Å². The van der Waals surface area contributed by atoms with Gasteiger partial charge in [-0.15, -0.1) is 11.3 Å². The second-order valence-corrected chi connectivity index (χ2v) is 9.82. The highest BCUT2D eigenvalue weighted by Crippen LogP contribution is 2.43. The second kappa shape index (κ2) is 13.0. The number of nitrogens with zero attached hydrogens (tertiary/aromatic N) is 2. The van der Waals surface area contributed by atoms with Gasteiger partial charge < -0.3 is 35.3 Å². The quantitative estimate of drug-likeness (QED) is 0.157. The van der Waals surface area contributed by atoms with Crippen molar-refractivity contribution in [2.45, 2.75) is 6.92 Å². The number of carbonyl (C=O) groups excluding carboxylic acids is 2. The number of ether oxygens (including phenoxy) is 4. The summed E-state index contributed by atoms with van der Waals surface area (Å²) >= 11 is 2.79. The Morgan fingerprint density at radius 1 is 1.00 bits per heavy atom. The molecule has 2 aromatic carbocycles. The third-order valence-corrected chi connectivity index (χ3v) is 7.33. The molecule has 1 amide bonds. The molecule has 4 aromatic rings. The predicted molar refractivity (Wildman–Crippen MR) is 157 cm³/mol. The minimum atomic E-state index is -0.578. The Balaban J connectivity index is 1.50. The van der Waals surface area contributed by atoms with Crippen LogP contribution in [0, 0.1) is 0 Å². The number of esters is 1. The Morgan fingerprint density at radius 3 is 2.42 bits per heavy atom. The van der Waals surface area contributed by atoms with Crippen LogP contribution < -0.4 is 30.6 Å². The van der Waals surface area contributed by atoms with E-state index in [9.17, 15) is 9.59 Å². The maximum atomic E-state index is 12.2. The fourth-order valence-electron chi connectivity index (χ4n) is 3.60. The first kappa shape index (κ1) is 28.4. The minimum Gasteiger partial charge on any atom is -0.493 e. The molecule has 0 spiro atoms. The molecule has 0 aliphatic rings. The third kappa shape index (κ3) is 6.68. The van der Waals surface area contributed by atoms with Gasteiger partial charge in [-0.3, -0.25) is 4.79 Å². The number of methoxy groups -OCH3 is 3. The molecule has 4 N–H and O–H groups in total. The number of rotatable bonds is 11. The molecule has 11 nitrogen and oxygen atoms in total. The predicted octanol–water partition coefficient (Wildman–Crippen LogP) is 5.34. The number of thiazole rings is 2. The molecule has 0 saturated heterocycles. The fraction of sp³-hybridized carbons (Fsp3) is 0.185. The lowest BCUT2D eigenvalue weighted by molar-refractivity contribution is -0.137. The van der Waals surface area contributed by atoms with Crippen molar-refractivity contribution < 1.29 is 28.5 Å². The Labute approximate surface area is 238 Å². The first-order valence-corrected chi connectivity index (χ1v) is 13.6. The molecular formula is C27H27N5O6S2. The van der Waals surface area contributed by atoms with E-state index in [-0.39, 0.29) is 6.61 Å². The highest BCUT2D eigenvalue weighted by Gasteiger charge is 2.18. The van der Waals surface area contributed by atoms with Crippen molar-refractivity contribution in [1.82, 2.24) is 9.97 Å². The largest absolute Gasteiger partial charge is 0.493 e. The van der Waals surface area contributed by atoms with Crippen LogP contribution in [0.3, 0.4) is 0 Å². The van der Waals surface area contributed by atoms with E-state index in [0.29, 0.717) is 50.3 Å². The summed E-state index contributed by atoms with van der Waals surface area (Å²) < 4.78 is 21.0. The van der Waals surface area contributed by atoms with Gasteiger partial charge in [0, 0.05) is 46.6 Å². The van der Waals surface area contributed by atoms with E-state index >= 15 is 0 Å². The molecule has 4 rings (SSSR count). The van der Waals surface area contributed by atoms with Gasteiger partial charge in [0.15, 0.2) is 16.6 Å². The van der Waals surface area contributed by atoms with E-state index in [0.717, 1.165) is 22.6 Å². The molecule has 2 heterocycles. The molecule has 0 saturated carbocycles. The minimum absolute atomic E-state index is 0.237. The zero-order valence-electron chi connectivity index (χ0n) is 22.1. The number of benzene rings is 2. The molecule has 0 radical (unpaired) electrons. The summed E-state index contributed by atoms with van der Waals surface area (Å²) in [6.07, 6.45) is 2.21. The van der Waals surface area contributed by atoms with Gasteiger partial charge in [0.05, 0.1) is 33.6 Å². The van der Waals surface area contributed by atoms with Gasteiger partial charge in [-0.25, -0.2) is 14.8 Å². The van der Waals surface area contributed by atoms with E-state index in [1.807, 2.05) is 11.4 Å². The summed E-state index contributed by atoms with van der Waals surface area (Å²) in [5.41, 5.74) is 9.00. The van der Waals surface area contributed by atoms with E-state index in [1.54, 1.807) is 58.6 Å². The number of aromatic nitrogens is 2. The Hall–Kier alpha value is -4.62. The number of nitrogen functional groups attached to an aromatic ring is 1. The maximum absolute atomic E-state index is 12.2. The molecular weight excluding hydrogens is 554 g/mol. The SMILES string of the molecule is CCOC(=O)C=CC(=O)Nc1cccc(-c2csc(-c3sc(Nc4cc(OC)c(OC)c(OC)c4)nc3N)n2)c1. The average molecular weight is 582 g/mol. The van der Waals surface area contributed by atoms with Crippen LogP contribution in [-0.4, -0.2) is 49.8 Å². The van der Waals surface area contributed by atoms with Crippen molar-refractivity contribution in [2.75, 3.05) is 44.3 Å². The molecule has 2 aromatic heterocycles. The molecule has 0 aliphatic carbocycles. The van der Waals surface area contributed by atoms with Crippen LogP contribution in [0.2, 0.25) is 0 Å². The molecule has 0 atom stereocenters. The lowest BCUT2D eigenvalue weighted by Crippen LogP contribution is -2.09. The summed E-state index contributed by atoms with van der Waals surface area (Å²) in [5.74, 6) is 0.815. The number of hydrogen-bond donors (Lipinski definition) is 3. The zero-order valence-corrected chi connectivity index (χ0v) is 23.8. The van der Waals surface area contributed by atoms with Crippen LogP contribution in [-0.2, 0) is 14.3 Å². The summed E-state index contributed by atoms with van der Waals surface area (Å²) in [4.78, 5) is 33.5. The van der Waals surface area contributed by atoms with Gasteiger partial charge in [0.2, 0.25) is 11.7 Å². The summed E-state index contributed by atoms with van der Waals surface area (Å²) in [6.45, 7) is 1.93. The van der Waals surface area contributed by atoms with Crippen molar-refractivity contribution in [3.05, 3.63) is 53.9 Å². The van der Waals surface area contributed by atoms with Crippen molar-refractivity contribution in [1.29, 1.82) is 0 Å². The van der Waals surface area contributed by atoms with Gasteiger partial charge >= 0.3 is 5.97 Å². The summed E-state index contributed by atoms with van der Waals surface area (Å²) in [7, 11) is 4.64. The van der Waals surface area contributed by atoms with Crippen LogP contribution in [0.4, 0.5) is 22.3 Å². The summed E-state index contributed by atoms with van der Waals surface area (Å²) in [6, 6.07) is 10.8. The number of amides is 1. The summed E-state index contributed by atoms with van der Waals surface area (Å²) in [5, 5.41) is 9.14. The fourth-order valence-corrected chi connectivity index (χ4v) is 5.43. The third-order valence-electron chi connectivity index (χ3n) is 5.35. The van der Waals surface area contributed by atoms with Gasteiger partial charge in [-0.1, -0.05) is 23.5 Å². The standard InChI is InChI=1S/C27H27N5O6S2/c1-5-38-22(34)10-9-21(33)29-16-8-6-7-15(11-16)18-14-39-26(31-18)24-25(28)32-27(40-24)30-17-12-19(35-2)23(37-4)20(13-17)36-3/h6-14H,5,28H2,1-4H3,(H,29,33)(H,30,32). The molecule has 0 unspecified atom stereocenters. The molecule has 0 bridgehead atoms. The number of anilines is 4. The van der Waals surface area contributed by atoms with Gasteiger partial charge in [-0.05, 0) is 19.1 Å². The Morgan fingerprint density at radius 2 is 1.75 bits per heavy atom. The number of nitrogens with one attached hydrogen (secondary N) is 2. The lowest BCUT2D eigenvalue weighted by atomic mass is 10.1. The first-order valence-electron chi connectivity index (χ1n) is 11.9. The monoisotopic (exact) mass is 581 g/mol. The van der Waals surface area contributed by atoms with Gasteiger partial charge in [-0.2, -0.15) is 0 Å². The van der Waals surface area contributed by atoms with Crippen molar-refractivity contribution in [3.8, 4) is 38.4 Å². The van der Waals surface area contributed by atoms with Crippen LogP contribution in [0.15, 0.2) is 53.9 Å². The number of nitrogens with two attached hydrogens (primary N) is 1. The zero-order chi connectivity index (χ0) is 28.6. The van der Waals surface area contributed by atoms with Crippen LogP contribution in [0.1, 0.15) is 6.92 Å². The van der Waals surface area contributed by atoms with Crippen LogP contribution in [0.5, 0.6) is 17.2 Å². The highest BCUT2D eigenvalue weighted by atomic mass is 32.1. The van der Waals surface area contributed by atoms with Crippen LogP contribution >= 0.6 is 22.7 Å². The Kier molecular flexibility index (Phi) is 9.19. The van der Waals surface area contributed by atoms with Crippen molar-refractivity contribution in [2.24, 2.45) is 0 Å². The van der Waals surface area contributed by atoms with Crippen molar-refractivity contribution in [3.63, 3.8) is 0 Å². The molecule has 13 heteroatoms. The molecule has 0 fully saturated rings. The van der Waals surface area contributed by atoms with Crippen molar-refractivity contribution >= 4 is 56.9 Å². The number of carbonyl (C=O) groups is 2. The van der Waals surface area contributed by atoms with E-state index in [1.165, 1.54) is 22.7 Å². The van der Waals surface area contributed by atoms with E-state index in [2.05, 4.69) is 15.6 Å². The Bertz CT molecular complexity index is 1520. The average Bonchev–Trinajstić information content (AvgIpc) is 3.58. The topological polar surface area (TPSA) is 147 Å². The molecule has 0 aliphatic heterocycles. The van der Waals surface area contributed by atoms with E-state index < -0.39 is 11.9 Å². The number of hydrogen-bond acceptors (Lipinski definition) is 12. The normalized spacial score (nSPS) is 10.8.